The molecule has 0 fully saturated rings. The maximum Gasteiger partial charge on any atom is 0.258 e. The second-order valence-corrected chi connectivity index (χ2v) is 9.04. The summed E-state index contributed by atoms with van der Waals surface area (Å²) in [5.41, 5.74) is 5.16. The third-order valence-corrected chi connectivity index (χ3v) is 6.65. The van der Waals surface area contributed by atoms with Gasteiger partial charge in [0.25, 0.3) is 11.8 Å². The van der Waals surface area contributed by atoms with Crippen LogP contribution in [0.3, 0.4) is 0 Å². The summed E-state index contributed by atoms with van der Waals surface area (Å²) in [4.78, 5) is 28.2. The van der Waals surface area contributed by atoms with E-state index in [-0.39, 0.29) is 21.5 Å². The number of aryl methyl sites for hydroxylation is 1. The third-order valence-electron chi connectivity index (χ3n) is 6.02. The fraction of sp³-hybridized carbons (Fsp3) is 0.111. The maximum absolute atomic E-state index is 13.6. The predicted molar refractivity (Wildman–Crippen MR) is 136 cm³/mol. The number of hydrogen-bond donors (Lipinski definition) is 1. The average molecular weight is 490 g/mol. The molecule has 0 saturated heterocycles. The molecule has 0 atom stereocenters. The number of carbonyl (C=O) groups is 2. The highest BCUT2D eigenvalue weighted by Gasteiger charge is 2.25. The summed E-state index contributed by atoms with van der Waals surface area (Å²) in [5, 5.41) is 3.41. The molecule has 5 rings (SSSR count). The van der Waals surface area contributed by atoms with Crippen LogP contribution in [0.5, 0.6) is 0 Å². The van der Waals surface area contributed by atoms with Crippen molar-refractivity contribution in [3.05, 3.63) is 117 Å². The van der Waals surface area contributed by atoms with E-state index < -0.39 is 5.91 Å². The first-order valence-electron chi connectivity index (χ1n) is 10.8. The van der Waals surface area contributed by atoms with Crippen LogP contribution in [0.25, 0.3) is 0 Å². The minimum atomic E-state index is -0.403. The molecule has 1 aliphatic rings. The largest absolute Gasteiger partial charge is 0.345 e. The molecule has 3 aromatic carbocycles. The van der Waals surface area contributed by atoms with Gasteiger partial charge in [-0.15, -0.1) is 0 Å². The topological polar surface area (TPSA) is 54.3 Å². The molecule has 0 bridgehead atoms. The summed E-state index contributed by atoms with van der Waals surface area (Å²) < 4.78 is 2.16. The highest BCUT2D eigenvalue weighted by Crippen LogP contribution is 2.30. The number of rotatable bonds is 3. The molecule has 5 nitrogen and oxygen atoms in total. The van der Waals surface area contributed by atoms with E-state index in [1.165, 1.54) is 0 Å². The first-order valence-corrected chi connectivity index (χ1v) is 11.6. The molecule has 2 heterocycles. The van der Waals surface area contributed by atoms with Gasteiger partial charge in [-0.1, -0.05) is 47.5 Å². The smallest absolute Gasteiger partial charge is 0.258 e. The van der Waals surface area contributed by atoms with Crippen molar-refractivity contribution in [3.8, 4) is 0 Å². The lowest BCUT2D eigenvalue weighted by Gasteiger charge is -2.23. The normalized spacial score (nSPS) is 12.5. The van der Waals surface area contributed by atoms with Crippen molar-refractivity contribution in [1.29, 1.82) is 0 Å². The Kier molecular flexibility index (Phi) is 5.90. The maximum atomic E-state index is 13.6. The number of para-hydroxylation sites is 1. The summed E-state index contributed by atoms with van der Waals surface area (Å²) in [5.74, 6) is -0.503. The molecule has 1 N–H and O–H groups in total. The second-order valence-electron chi connectivity index (χ2n) is 8.23. The number of nitrogens with zero attached hydrogens (tertiary/aromatic N) is 2. The van der Waals surface area contributed by atoms with Crippen LogP contribution in [0.2, 0.25) is 10.0 Å². The Morgan fingerprint density at radius 1 is 0.882 bits per heavy atom. The Labute approximate surface area is 207 Å². The Morgan fingerprint density at radius 2 is 1.65 bits per heavy atom. The highest BCUT2D eigenvalue weighted by atomic mass is 35.5. The van der Waals surface area contributed by atoms with E-state index in [0.717, 1.165) is 29.1 Å². The van der Waals surface area contributed by atoms with Crippen LogP contribution in [-0.2, 0) is 13.1 Å². The number of carbonyl (C=O) groups excluding carboxylic acids is 2. The minimum Gasteiger partial charge on any atom is -0.345 e. The number of halogens is 2. The SMILES string of the molecule is Cc1cc(C(=O)N2Cc3cccn3Cc3ccccc32)ccc1NC(=O)c1c(Cl)cccc1Cl. The molecule has 1 aromatic heterocycles. The Hall–Kier alpha value is -3.54. The molecular formula is C27H21Cl2N3O2. The molecular weight excluding hydrogens is 469 g/mol. The van der Waals surface area contributed by atoms with Gasteiger partial charge >= 0.3 is 0 Å². The predicted octanol–water partition coefficient (Wildman–Crippen LogP) is 6.56. The first-order chi connectivity index (χ1) is 16.4. The fourth-order valence-corrected chi connectivity index (χ4v) is 4.83. The fourth-order valence-electron chi connectivity index (χ4n) is 4.26. The number of hydrogen-bond acceptors (Lipinski definition) is 2. The van der Waals surface area contributed by atoms with Crippen LogP contribution in [0, 0.1) is 6.92 Å². The van der Waals surface area contributed by atoms with Gasteiger partial charge in [-0.25, -0.2) is 0 Å². The van der Waals surface area contributed by atoms with E-state index in [9.17, 15) is 9.59 Å². The van der Waals surface area contributed by atoms with E-state index >= 15 is 0 Å². The Balaban J connectivity index is 1.43. The van der Waals surface area contributed by atoms with E-state index in [2.05, 4.69) is 16.0 Å². The molecule has 0 spiro atoms. The quantitative estimate of drug-likeness (QED) is 0.354. The van der Waals surface area contributed by atoms with Crippen LogP contribution < -0.4 is 10.2 Å². The van der Waals surface area contributed by atoms with E-state index in [1.54, 1.807) is 36.4 Å². The Bertz CT molecular complexity index is 1410. The highest BCUT2D eigenvalue weighted by molar-refractivity contribution is 6.40. The summed E-state index contributed by atoms with van der Waals surface area (Å²) in [6.45, 7) is 3.05. The molecule has 34 heavy (non-hydrogen) atoms. The minimum absolute atomic E-state index is 0.0998. The molecule has 4 aromatic rings. The van der Waals surface area contributed by atoms with E-state index in [1.807, 2.05) is 48.4 Å². The van der Waals surface area contributed by atoms with Gasteiger partial charge in [-0.3, -0.25) is 9.59 Å². The zero-order chi connectivity index (χ0) is 23.8. The standard InChI is InChI=1S/C27H21Cl2N3O2/c1-17-14-18(11-12-23(17)30-26(33)25-21(28)8-4-9-22(25)29)27(34)32-16-20-7-5-13-31(20)15-19-6-2-3-10-24(19)32/h2-14H,15-16H2,1H3,(H,30,33). The van der Waals surface area contributed by atoms with E-state index in [4.69, 9.17) is 23.2 Å². The van der Waals surface area contributed by atoms with Gasteiger partial charge in [0.1, 0.15) is 0 Å². The van der Waals surface area contributed by atoms with Gasteiger partial charge in [0.2, 0.25) is 0 Å². The molecule has 0 aliphatic carbocycles. The van der Waals surface area contributed by atoms with Gasteiger partial charge in [-0.05, 0) is 66.6 Å². The monoisotopic (exact) mass is 489 g/mol. The van der Waals surface area contributed by atoms with E-state index in [0.29, 0.717) is 17.8 Å². The van der Waals surface area contributed by atoms with Crippen molar-refractivity contribution in [2.24, 2.45) is 0 Å². The van der Waals surface area contributed by atoms with Crippen molar-refractivity contribution < 1.29 is 9.59 Å². The first kappa shape index (κ1) is 22.3. The molecule has 1 aliphatic heterocycles. The lowest BCUT2D eigenvalue weighted by Crippen LogP contribution is -2.30. The number of amides is 2. The lowest BCUT2D eigenvalue weighted by atomic mass is 10.1. The number of aromatic nitrogens is 1. The van der Waals surface area contributed by atoms with Crippen LogP contribution in [0.15, 0.2) is 79.0 Å². The molecule has 0 radical (unpaired) electrons. The summed E-state index contributed by atoms with van der Waals surface area (Å²) in [7, 11) is 0. The molecule has 0 unspecified atom stereocenters. The zero-order valence-electron chi connectivity index (χ0n) is 18.4. The van der Waals surface area contributed by atoms with Crippen molar-refractivity contribution in [2.45, 2.75) is 20.0 Å². The van der Waals surface area contributed by atoms with Gasteiger partial charge in [-0.2, -0.15) is 0 Å². The van der Waals surface area contributed by atoms with Crippen molar-refractivity contribution in [3.63, 3.8) is 0 Å². The van der Waals surface area contributed by atoms with Crippen LogP contribution in [-0.4, -0.2) is 16.4 Å². The van der Waals surface area contributed by atoms with Crippen molar-refractivity contribution >= 4 is 46.4 Å². The van der Waals surface area contributed by atoms with Gasteiger partial charge in [0.05, 0.1) is 22.2 Å². The van der Waals surface area contributed by atoms with Gasteiger partial charge in [0, 0.05) is 35.4 Å². The van der Waals surface area contributed by atoms with Gasteiger partial charge in [0.15, 0.2) is 0 Å². The van der Waals surface area contributed by atoms with Crippen molar-refractivity contribution in [2.75, 3.05) is 10.2 Å². The lowest BCUT2D eigenvalue weighted by molar-refractivity contribution is 0.0983. The second kappa shape index (κ2) is 9.01. The third kappa shape index (κ3) is 4.09. The number of anilines is 2. The molecule has 2 amide bonds. The molecule has 0 saturated carbocycles. The van der Waals surface area contributed by atoms with Crippen molar-refractivity contribution in [1.82, 2.24) is 4.57 Å². The summed E-state index contributed by atoms with van der Waals surface area (Å²) in [6, 6.07) is 22.2. The number of benzene rings is 3. The summed E-state index contributed by atoms with van der Waals surface area (Å²) in [6.07, 6.45) is 2.03. The molecule has 170 valence electrons. The van der Waals surface area contributed by atoms with Crippen LogP contribution in [0.4, 0.5) is 11.4 Å². The Morgan fingerprint density at radius 3 is 2.41 bits per heavy atom. The number of nitrogens with one attached hydrogen (secondary N) is 1. The molecule has 7 heteroatoms. The number of fused-ring (bicyclic) bond motifs is 2. The van der Waals surface area contributed by atoms with Gasteiger partial charge < -0.3 is 14.8 Å². The zero-order valence-corrected chi connectivity index (χ0v) is 19.9. The average Bonchev–Trinajstić information content (AvgIpc) is 3.19. The summed E-state index contributed by atoms with van der Waals surface area (Å²) >= 11 is 12.3. The van der Waals surface area contributed by atoms with Crippen LogP contribution in [0.1, 0.15) is 37.5 Å². The van der Waals surface area contributed by atoms with Crippen LogP contribution >= 0.6 is 23.2 Å².